The lowest BCUT2D eigenvalue weighted by molar-refractivity contribution is -0.140. The first-order valence-corrected chi connectivity index (χ1v) is 12.8. The second-order valence-electron chi connectivity index (χ2n) is 7.85. The molecule has 1 N–H and O–H groups in total. The highest BCUT2D eigenvalue weighted by molar-refractivity contribution is 7.92. The molecule has 0 aromatic heterocycles. The van der Waals surface area contributed by atoms with E-state index in [0.29, 0.717) is 17.8 Å². The van der Waals surface area contributed by atoms with Crippen molar-refractivity contribution < 1.29 is 22.4 Å². The van der Waals surface area contributed by atoms with E-state index in [1.807, 2.05) is 6.92 Å². The summed E-state index contributed by atoms with van der Waals surface area (Å²) in [6.07, 6.45) is 2.13. The van der Waals surface area contributed by atoms with Crippen LogP contribution in [0.2, 0.25) is 0 Å². The van der Waals surface area contributed by atoms with Crippen LogP contribution in [0.3, 0.4) is 0 Å². The number of anilines is 1. The van der Waals surface area contributed by atoms with Gasteiger partial charge in [0.15, 0.2) is 0 Å². The normalized spacial score (nSPS) is 12.1. The highest BCUT2D eigenvalue weighted by Gasteiger charge is 2.27. The molecule has 0 aliphatic carbocycles. The lowest BCUT2D eigenvalue weighted by Gasteiger charge is -2.29. The molecule has 1 atom stereocenters. The zero-order chi connectivity index (χ0) is 24.4. The Kier molecular flexibility index (Phi) is 9.84. The van der Waals surface area contributed by atoms with Gasteiger partial charge < -0.3 is 10.2 Å². The number of carbonyl (C=O) groups excluding carboxylic acids is 2. The van der Waals surface area contributed by atoms with Gasteiger partial charge in [-0.25, -0.2) is 12.8 Å². The van der Waals surface area contributed by atoms with Gasteiger partial charge >= 0.3 is 0 Å². The van der Waals surface area contributed by atoms with Crippen LogP contribution in [0.4, 0.5) is 10.1 Å². The Morgan fingerprint density at radius 1 is 1.06 bits per heavy atom. The molecule has 33 heavy (non-hydrogen) atoms. The van der Waals surface area contributed by atoms with Crippen LogP contribution in [0, 0.1) is 5.82 Å². The minimum atomic E-state index is -3.54. The van der Waals surface area contributed by atoms with Crippen LogP contribution in [0.1, 0.15) is 38.7 Å². The van der Waals surface area contributed by atoms with E-state index < -0.39 is 21.9 Å². The number of carbonyl (C=O) groups is 2. The Labute approximate surface area is 195 Å². The zero-order valence-corrected chi connectivity index (χ0v) is 20.1. The molecule has 2 amide bonds. The lowest BCUT2D eigenvalue weighted by atomic mass is 10.1. The molecule has 0 saturated heterocycles. The molecule has 7 nitrogen and oxygen atoms in total. The topological polar surface area (TPSA) is 86.8 Å². The van der Waals surface area contributed by atoms with Crippen LogP contribution in [0.25, 0.3) is 0 Å². The fourth-order valence-corrected chi connectivity index (χ4v) is 4.35. The van der Waals surface area contributed by atoms with Gasteiger partial charge in [-0.15, -0.1) is 0 Å². The average Bonchev–Trinajstić information content (AvgIpc) is 2.78. The molecule has 1 unspecified atom stereocenters. The summed E-state index contributed by atoms with van der Waals surface area (Å²) in [6.45, 7) is 4.06. The summed E-state index contributed by atoms with van der Waals surface area (Å²) in [5.41, 5.74) is 0.825. The number of benzene rings is 2. The summed E-state index contributed by atoms with van der Waals surface area (Å²) in [6, 6.07) is 14.0. The number of hydrogen-bond acceptors (Lipinski definition) is 4. The molecular weight excluding hydrogens is 445 g/mol. The molecule has 2 aromatic rings. The second-order valence-corrected chi connectivity index (χ2v) is 9.76. The second kappa shape index (κ2) is 12.3. The standard InChI is InChI=1S/C24H32FN3O4S/c1-4-16-26-24(30)19(2)27(18-20-11-8-9-14-22(20)25)23(29)15-10-17-28(33(3,31)32)21-12-6-5-7-13-21/h5-9,11-14,19H,4,10,15-18H2,1-3H3,(H,26,30). The third kappa shape index (κ3) is 7.85. The number of sulfonamides is 1. The molecule has 0 spiro atoms. The van der Waals surface area contributed by atoms with Crippen LogP contribution < -0.4 is 9.62 Å². The highest BCUT2D eigenvalue weighted by atomic mass is 32.2. The van der Waals surface area contributed by atoms with E-state index in [1.54, 1.807) is 55.5 Å². The van der Waals surface area contributed by atoms with E-state index in [4.69, 9.17) is 0 Å². The van der Waals surface area contributed by atoms with Crippen molar-refractivity contribution in [3.8, 4) is 0 Å². The van der Waals surface area contributed by atoms with Gasteiger partial charge in [0.2, 0.25) is 21.8 Å². The van der Waals surface area contributed by atoms with E-state index in [9.17, 15) is 22.4 Å². The third-order valence-corrected chi connectivity index (χ3v) is 6.41. The molecule has 0 radical (unpaired) electrons. The summed E-state index contributed by atoms with van der Waals surface area (Å²) in [5.74, 6) is -1.12. The van der Waals surface area contributed by atoms with E-state index in [0.717, 1.165) is 12.7 Å². The molecule has 180 valence electrons. The van der Waals surface area contributed by atoms with Crippen molar-refractivity contribution in [1.29, 1.82) is 0 Å². The number of halogens is 1. The molecule has 0 heterocycles. The molecule has 0 fully saturated rings. The van der Waals surface area contributed by atoms with Crippen molar-refractivity contribution >= 4 is 27.5 Å². The van der Waals surface area contributed by atoms with Gasteiger partial charge in [0.05, 0.1) is 11.9 Å². The quantitative estimate of drug-likeness (QED) is 0.508. The molecule has 0 aliphatic heterocycles. The Hall–Kier alpha value is -2.94. The molecule has 0 aliphatic rings. The maximum Gasteiger partial charge on any atom is 0.242 e. The van der Waals surface area contributed by atoms with Crippen LogP contribution in [-0.4, -0.2) is 50.5 Å². The first kappa shape index (κ1) is 26.3. The maximum atomic E-state index is 14.2. The largest absolute Gasteiger partial charge is 0.354 e. The van der Waals surface area contributed by atoms with E-state index in [-0.39, 0.29) is 37.7 Å². The first-order chi connectivity index (χ1) is 15.6. The number of hydrogen-bond donors (Lipinski definition) is 1. The van der Waals surface area contributed by atoms with Crippen molar-refractivity contribution in [2.45, 2.75) is 45.7 Å². The van der Waals surface area contributed by atoms with E-state index in [2.05, 4.69) is 5.32 Å². The highest BCUT2D eigenvalue weighted by Crippen LogP contribution is 2.19. The van der Waals surface area contributed by atoms with Gasteiger partial charge in [-0.2, -0.15) is 0 Å². The minimum Gasteiger partial charge on any atom is -0.354 e. The third-order valence-electron chi connectivity index (χ3n) is 5.21. The fraction of sp³-hybridized carbons (Fsp3) is 0.417. The molecule has 9 heteroatoms. The summed E-state index contributed by atoms with van der Waals surface area (Å²) < 4.78 is 40.0. The first-order valence-electron chi connectivity index (χ1n) is 11.0. The van der Waals surface area contributed by atoms with Crippen molar-refractivity contribution in [2.24, 2.45) is 0 Å². The van der Waals surface area contributed by atoms with Gasteiger partial charge in [0.25, 0.3) is 0 Å². The maximum absolute atomic E-state index is 14.2. The summed E-state index contributed by atoms with van der Waals surface area (Å²) >= 11 is 0. The van der Waals surface area contributed by atoms with Crippen LogP contribution in [0.15, 0.2) is 54.6 Å². The molecule has 0 bridgehead atoms. The van der Waals surface area contributed by atoms with Crippen molar-refractivity contribution in [3.05, 3.63) is 66.0 Å². The van der Waals surface area contributed by atoms with Gasteiger partial charge in [0, 0.05) is 31.6 Å². The van der Waals surface area contributed by atoms with Gasteiger partial charge in [-0.3, -0.25) is 13.9 Å². The van der Waals surface area contributed by atoms with Gasteiger partial charge in [-0.1, -0.05) is 43.3 Å². The smallest absolute Gasteiger partial charge is 0.242 e. The van der Waals surface area contributed by atoms with E-state index >= 15 is 0 Å². The van der Waals surface area contributed by atoms with Crippen molar-refractivity contribution in [3.63, 3.8) is 0 Å². The van der Waals surface area contributed by atoms with Crippen LogP contribution in [0.5, 0.6) is 0 Å². The monoisotopic (exact) mass is 477 g/mol. The summed E-state index contributed by atoms with van der Waals surface area (Å²) in [7, 11) is -3.54. The van der Waals surface area contributed by atoms with Gasteiger partial charge in [-0.05, 0) is 38.0 Å². The molecule has 2 rings (SSSR count). The van der Waals surface area contributed by atoms with Crippen LogP contribution in [-0.2, 0) is 26.2 Å². The number of para-hydroxylation sites is 1. The number of nitrogens with zero attached hydrogens (tertiary/aromatic N) is 2. The Bertz CT molecular complexity index is 1030. The zero-order valence-electron chi connectivity index (χ0n) is 19.3. The van der Waals surface area contributed by atoms with Gasteiger partial charge in [0.1, 0.15) is 11.9 Å². The summed E-state index contributed by atoms with van der Waals surface area (Å²) in [4.78, 5) is 27.0. The van der Waals surface area contributed by atoms with E-state index in [1.165, 1.54) is 15.3 Å². The summed E-state index contributed by atoms with van der Waals surface area (Å²) in [5, 5.41) is 2.77. The minimum absolute atomic E-state index is 0.0126. The van der Waals surface area contributed by atoms with Crippen molar-refractivity contribution in [2.75, 3.05) is 23.7 Å². The molecule has 2 aromatic carbocycles. The molecular formula is C24H32FN3O4S. The molecule has 0 saturated carbocycles. The number of nitrogens with one attached hydrogen (secondary N) is 1. The Morgan fingerprint density at radius 2 is 1.70 bits per heavy atom. The van der Waals surface area contributed by atoms with Crippen LogP contribution >= 0.6 is 0 Å². The lowest BCUT2D eigenvalue weighted by Crippen LogP contribution is -2.48. The Balaban J connectivity index is 2.14. The number of amides is 2. The Morgan fingerprint density at radius 3 is 2.30 bits per heavy atom. The predicted molar refractivity (Wildman–Crippen MR) is 128 cm³/mol. The number of rotatable bonds is 12. The predicted octanol–water partition coefficient (Wildman–Crippen LogP) is 3.32. The van der Waals surface area contributed by atoms with Crippen molar-refractivity contribution in [1.82, 2.24) is 10.2 Å². The fourth-order valence-electron chi connectivity index (χ4n) is 3.39. The average molecular weight is 478 g/mol. The SMILES string of the molecule is CCCNC(=O)C(C)N(Cc1ccccc1F)C(=O)CCCN(c1ccccc1)S(C)(=O)=O.